The van der Waals surface area contributed by atoms with Crippen LogP contribution in [0.2, 0.25) is 0 Å². The Morgan fingerprint density at radius 1 is 1.32 bits per heavy atom. The second-order valence-corrected chi connectivity index (χ2v) is 8.88. The van der Waals surface area contributed by atoms with Crippen molar-refractivity contribution in [2.24, 2.45) is 4.99 Å². The third-order valence-electron chi connectivity index (χ3n) is 5.34. The van der Waals surface area contributed by atoms with Crippen molar-refractivity contribution in [2.45, 2.75) is 64.6 Å². The van der Waals surface area contributed by atoms with Gasteiger partial charge in [-0.3, -0.25) is 9.89 Å². The van der Waals surface area contributed by atoms with Crippen molar-refractivity contribution in [2.75, 3.05) is 40.3 Å². The standard InChI is InChI=1S/C22H39N5O3.HI/c1-17(26(6)21(28)30-22(2,3)4)11-12-24-20(23-5)25-16-18(19-10-9-15-29-19)27-13-7-8-14-27;/h9-10,15,17-18H,7-8,11-14,16H2,1-6H3,(H2,23,24,25);1H. The van der Waals surface area contributed by atoms with Crippen molar-refractivity contribution in [3.8, 4) is 0 Å². The molecule has 1 fully saturated rings. The first-order valence-corrected chi connectivity index (χ1v) is 10.9. The summed E-state index contributed by atoms with van der Waals surface area (Å²) in [6.45, 7) is 11.2. The van der Waals surface area contributed by atoms with Crippen LogP contribution in [0.4, 0.5) is 4.79 Å². The fourth-order valence-corrected chi connectivity index (χ4v) is 3.46. The molecule has 1 aromatic rings. The van der Waals surface area contributed by atoms with Gasteiger partial charge in [0.05, 0.1) is 12.3 Å². The molecule has 1 amide bonds. The molecule has 1 aromatic heterocycles. The van der Waals surface area contributed by atoms with E-state index in [4.69, 9.17) is 9.15 Å². The lowest BCUT2D eigenvalue weighted by atomic mass is 10.2. The summed E-state index contributed by atoms with van der Waals surface area (Å²) in [5.41, 5.74) is -0.491. The minimum Gasteiger partial charge on any atom is -0.468 e. The molecule has 0 spiro atoms. The molecule has 178 valence electrons. The van der Waals surface area contributed by atoms with Gasteiger partial charge in [0.2, 0.25) is 0 Å². The molecule has 1 aliphatic rings. The number of rotatable bonds is 8. The zero-order chi connectivity index (χ0) is 22.1. The largest absolute Gasteiger partial charge is 0.468 e. The van der Waals surface area contributed by atoms with Crippen LogP contribution in [0.15, 0.2) is 27.8 Å². The molecule has 2 N–H and O–H groups in total. The van der Waals surface area contributed by atoms with Gasteiger partial charge >= 0.3 is 6.09 Å². The van der Waals surface area contributed by atoms with Crippen molar-refractivity contribution in [1.29, 1.82) is 0 Å². The van der Waals surface area contributed by atoms with E-state index < -0.39 is 5.60 Å². The van der Waals surface area contributed by atoms with Gasteiger partial charge in [-0.2, -0.15) is 0 Å². The minimum atomic E-state index is -0.491. The summed E-state index contributed by atoms with van der Waals surface area (Å²) in [6.07, 6.45) is 4.67. The van der Waals surface area contributed by atoms with E-state index in [-0.39, 0.29) is 42.2 Å². The van der Waals surface area contributed by atoms with E-state index in [1.54, 1.807) is 25.3 Å². The third kappa shape index (κ3) is 9.26. The maximum Gasteiger partial charge on any atom is 0.410 e. The molecule has 0 aliphatic carbocycles. The van der Waals surface area contributed by atoms with Crippen molar-refractivity contribution in [3.63, 3.8) is 0 Å². The number of nitrogens with one attached hydrogen (secondary N) is 2. The molecule has 0 aromatic carbocycles. The lowest BCUT2D eigenvalue weighted by Gasteiger charge is -2.29. The summed E-state index contributed by atoms with van der Waals surface area (Å²) in [6, 6.07) is 4.22. The molecule has 9 heteroatoms. The first-order valence-electron chi connectivity index (χ1n) is 10.9. The smallest absolute Gasteiger partial charge is 0.410 e. The molecule has 1 saturated heterocycles. The van der Waals surface area contributed by atoms with Gasteiger partial charge in [-0.25, -0.2) is 4.79 Å². The van der Waals surface area contributed by atoms with Gasteiger partial charge < -0.3 is 24.7 Å². The highest BCUT2D eigenvalue weighted by Gasteiger charge is 2.26. The summed E-state index contributed by atoms with van der Waals surface area (Å²) in [5, 5.41) is 6.77. The lowest BCUT2D eigenvalue weighted by Crippen LogP contribution is -2.44. The van der Waals surface area contributed by atoms with Gasteiger partial charge in [-0.05, 0) is 72.2 Å². The van der Waals surface area contributed by atoms with Gasteiger partial charge in [0.1, 0.15) is 11.4 Å². The Labute approximate surface area is 204 Å². The van der Waals surface area contributed by atoms with Crippen LogP contribution in [0.5, 0.6) is 0 Å². The lowest BCUT2D eigenvalue weighted by molar-refractivity contribution is 0.0230. The number of carbonyl (C=O) groups excluding carboxylic acids is 1. The first-order chi connectivity index (χ1) is 14.2. The van der Waals surface area contributed by atoms with E-state index in [1.165, 1.54) is 12.8 Å². The van der Waals surface area contributed by atoms with Gasteiger partial charge in [0.15, 0.2) is 5.96 Å². The number of hydrogen-bond acceptors (Lipinski definition) is 5. The topological polar surface area (TPSA) is 82.3 Å². The number of amides is 1. The Morgan fingerprint density at radius 2 is 2.00 bits per heavy atom. The number of aliphatic imine (C=N–C) groups is 1. The van der Waals surface area contributed by atoms with E-state index in [9.17, 15) is 4.79 Å². The van der Waals surface area contributed by atoms with Crippen molar-refractivity contribution in [1.82, 2.24) is 20.4 Å². The Bertz CT molecular complexity index is 669. The molecule has 8 nitrogen and oxygen atoms in total. The maximum absolute atomic E-state index is 12.2. The number of carbonyl (C=O) groups is 1. The van der Waals surface area contributed by atoms with Crippen molar-refractivity contribution in [3.05, 3.63) is 24.2 Å². The van der Waals surface area contributed by atoms with Gasteiger partial charge in [0, 0.05) is 33.2 Å². The predicted molar refractivity (Wildman–Crippen MR) is 135 cm³/mol. The average molecular weight is 549 g/mol. The van der Waals surface area contributed by atoms with Crippen LogP contribution in [0.25, 0.3) is 0 Å². The summed E-state index contributed by atoms with van der Waals surface area (Å²) in [7, 11) is 3.54. The minimum absolute atomic E-state index is 0. The fourth-order valence-electron chi connectivity index (χ4n) is 3.46. The second kappa shape index (κ2) is 13.1. The zero-order valence-corrected chi connectivity index (χ0v) is 22.1. The Kier molecular flexibility index (Phi) is 11.7. The second-order valence-electron chi connectivity index (χ2n) is 8.88. The number of nitrogens with zero attached hydrogens (tertiary/aromatic N) is 3. The van der Waals surface area contributed by atoms with Crippen LogP contribution in [0.1, 0.15) is 58.8 Å². The fraction of sp³-hybridized carbons (Fsp3) is 0.727. The highest BCUT2D eigenvalue weighted by molar-refractivity contribution is 14.0. The van der Waals surface area contributed by atoms with Crippen LogP contribution < -0.4 is 10.6 Å². The molecule has 0 bridgehead atoms. The molecule has 2 unspecified atom stereocenters. The predicted octanol–water partition coefficient (Wildman–Crippen LogP) is 3.85. The highest BCUT2D eigenvalue weighted by atomic mass is 127. The molecule has 1 aliphatic heterocycles. The molecule has 2 rings (SSSR count). The number of ether oxygens (including phenoxy) is 1. The third-order valence-corrected chi connectivity index (χ3v) is 5.34. The summed E-state index contributed by atoms with van der Waals surface area (Å²) in [4.78, 5) is 20.6. The quantitative estimate of drug-likeness (QED) is 0.292. The molecule has 0 saturated carbocycles. The van der Waals surface area contributed by atoms with E-state index >= 15 is 0 Å². The van der Waals surface area contributed by atoms with Gasteiger partial charge in [-0.1, -0.05) is 0 Å². The van der Waals surface area contributed by atoms with E-state index in [2.05, 4.69) is 20.5 Å². The molecule has 0 radical (unpaired) electrons. The summed E-state index contributed by atoms with van der Waals surface area (Å²) < 4.78 is 11.1. The molecule has 31 heavy (non-hydrogen) atoms. The number of likely N-dealkylation sites (tertiary alicyclic amines) is 1. The van der Waals surface area contributed by atoms with Gasteiger partial charge in [0.25, 0.3) is 0 Å². The molecule has 2 atom stereocenters. The van der Waals surface area contributed by atoms with E-state index in [0.717, 1.165) is 37.8 Å². The number of guanidine groups is 1. The first kappa shape index (κ1) is 27.5. The number of halogens is 1. The monoisotopic (exact) mass is 549 g/mol. The van der Waals surface area contributed by atoms with Crippen LogP contribution in [-0.2, 0) is 4.74 Å². The molecule has 2 heterocycles. The Balaban J connectivity index is 0.00000480. The highest BCUT2D eigenvalue weighted by Crippen LogP contribution is 2.24. The summed E-state index contributed by atoms with van der Waals surface area (Å²) in [5.74, 6) is 1.73. The van der Waals surface area contributed by atoms with Crippen molar-refractivity contribution >= 4 is 36.0 Å². The van der Waals surface area contributed by atoms with E-state index in [0.29, 0.717) is 6.54 Å². The average Bonchev–Trinajstić information content (AvgIpc) is 3.39. The normalized spacial score (nSPS) is 16.9. The number of hydrogen-bond donors (Lipinski definition) is 2. The van der Waals surface area contributed by atoms with Gasteiger partial charge in [-0.15, -0.1) is 24.0 Å². The zero-order valence-electron chi connectivity index (χ0n) is 19.8. The SMILES string of the molecule is CN=C(NCCC(C)N(C)C(=O)OC(C)(C)C)NCC(c1ccco1)N1CCCC1.I. The van der Waals surface area contributed by atoms with Crippen LogP contribution in [0.3, 0.4) is 0 Å². The van der Waals surface area contributed by atoms with Crippen LogP contribution >= 0.6 is 24.0 Å². The van der Waals surface area contributed by atoms with Crippen molar-refractivity contribution < 1.29 is 13.9 Å². The number of furan rings is 1. The Morgan fingerprint density at radius 3 is 2.55 bits per heavy atom. The maximum atomic E-state index is 12.2. The summed E-state index contributed by atoms with van der Waals surface area (Å²) >= 11 is 0. The Hall–Kier alpha value is -1.49. The van der Waals surface area contributed by atoms with Crippen LogP contribution in [-0.4, -0.2) is 73.8 Å². The van der Waals surface area contributed by atoms with Crippen LogP contribution in [0, 0.1) is 0 Å². The molecular weight excluding hydrogens is 509 g/mol. The molecular formula is C22H40IN5O3. The van der Waals surface area contributed by atoms with E-state index in [1.807, 2.05) is 39.8 Å².